The first-order valence-electron chi connectivity index (χ1n) is 7.49. The molecule has 0 amide bonds. The molecule has 5 nitrogen and oxygen atoms in total. The average molecular weight is 346 g/mol. The number of aromatic nitrogens is 1. The Bertz CT molecular complexity index is 866. The molecule has 2 rings (SSSR count). The molecule has 2 aromatic rings. The lowest BCUT2D eigenvalue weighted by molar-refractivity contribution is 0.351. The number of allylic oxidation sites excluding steroid dienone is 3. The summed E-state index contributed by atoms with van der Waals surface area (Å²) in [6.45, 7) is 7.40. The van der Waals surface area contributed by atoms with Gasteiger partial charge in [-0.2, -0.15) is 0 Å². The molecule has 1 aromatic carbocycles. The van der Waals surface area contributed by atoms with Crippen molar-refractivity contribution in [3.63, 3.8) is 0 Å². The van der Waals surface area contributed by atoms with Gasteiger partial charge in [0.1, 0.15) is 12.4 Å². The molecule has 6 heteroatoms. The lowest BCUT2D eigenvalue weighted by Gasteiger charge is -2.11. The second kappa shape index (κ2) is 7.95. The number of hydrogen-bond donors (Lipinski definition) is 2. The van der Waals surface area contributed by atoms with Crippen LogP contribution < -0.4 is 16.0 Å². The lowest BCUT2D eigenvalue weighted by Crippen LogP contribution is -2.19. The van der Waals surface area contributed by atoms with E-state index < -0.39 is 0 Å². The Kier molecular flexibility index (Phi) is 5.95. The number of fused-ring (bicyclic) bond motifs is 1. The van der Waals surface area contributed by atoms with E-state index in [4.69, 9.17) is 22.1 Å². The normalized spacial score (nSPS) is 13.4. The van der Waals surface area contributed by atoms with Crippen LogP contribution in [-0.4, -0.2) is 18.3 Å². The highest BCUT2D eigenvalue weighted by Crippen LogP contribution is 2.30. The highest BCUT2D eigenvalue weighted by atomic mass is 35.5. The van der Waals surface area contributed by atoms with Crippen LogP contribution in [0.25, 0.3) is 10.9 Å². The zero-order chi connectivity index (χ0) is 17.7. The summed E-state index contributed by atoms with van der Waals surface area (Å²) in [5.41, 5.74) is 7.41. The van der Waals surface area contributed by atoms with E-state index >= 15 is 0 Å². The minimum Gasteiger partial charge on any atom is -0.486 e. The maximum atomic E-state index is 12.1. The Hall–Kier alpha value is -2.37. The Morgan fingerprint density at radius 2 is 2.25 bits per heavy atom. The van der Waals surface area contributed by atoms with Crippen molar-refractivity contribution in [1.82, 2.24) is 4.98 Å². The van der Waals surface area contributed by atoms with Crippen LogP contribution in [0.2, 0.25) is 5.02 Å². The number of H-pyrrole nitrogens is 1. The Morgan fingerprint density at radius 1 is 1.50 bits per heavy atom. The van der Waals surface area contributed by atoms with E-state index in [0.29, 0.717) is 27.5 Å². The van der Waals surface area contributed by atoms with E-state index in [1.54, 1.807) is 31.2 Å². The molecule has 0 aliphatic carbocycles. The lowest BCUT2D eigenvalue weighted by atomic mass is 10.1. The van der Waals surface area contributed by atoms with Crippen LogP contribution in [-0.2, 0) is 0 Å². The van der Waals surface area contributed by atoms with E-state index in [2.05, 4.69) is 16.7 Å². The first-order valence-corrected chi connectivity index (χ1v) is 7.87. The molecule has 1 atom stereocenters. The monoisotopic (exact) mass is 345 g/mol. The van der Waals surface area contributed by atoms with Crippen molar-refractivity contribution < 1.29 is 4.74 Å². The third kappa shape index (κ3) is 4.13. The molecule has 0 spiro atoms. The summed E-state index contributed by atoms with van der Waals surface area (Å²) >= 11 is 6.28. The molecule has 24 heavy (non-hydrogen) atoms. The summed E-state index contributed by atoms with van der Waals surface area (Å²) in [4.78, 5) is 18.8. The molecule has 0 aliphatic rings. The molecule has 1 unspecified atom stereocenters. The first kappa shape index (κ1) is 18.0. The highest BCUT2D eigenvalue weighted by molar-refractivity contribution is 6.32. The zero-order valence-corrected chi connectivity index (χ0v) is 14.4. The number of hydrogen-bond acceptors (Lipinski definition) is 4. The fourth-order valence-corrected chi connectivity index (χ4v) is 2.40. The molecule has 0 fully saturated rings. The molecule has 0 aliphatic heterocycles. The summed E-state index contributed by atoms with van der Waals surface area (Å²) in [5, 5.41) is 1.24. The minimum atomic E-state index is -0.356. The van der Waals surface area contributed by atoms with Crippen molar-refractivity contribution >= 4 is 29.2 Å². The molecular weight excluding hydrogens is 326 g/mol. The molecule has 1 aromatic heterocycles. The third-order valence-electron chi connectivity index (χ3n) is 3.48. The van der Waals surface area contributed by atoms with Crippen molar-refractivity contribution in [2.75, 3.05) is 6.61 Å². The van der Waals surface area contributed by atoms with Crippen molar-refractivity contribution in [3.8, 4) is 5.75 Å². The second-order valence-corrected chi connectivity index (χ2v) is 5.75. The van der Waals surface area contributed by atoms with Gasteiger partial charge >= 0.3 is 0 Å². The number of nitrogens with zero attached hydrogens (tertiary/aromatic N) is 1. The fourth-order valence-electron chi connectivity index (χ4n) is 2.18. The predicted octanol–water partition coefficient (Wildman–Crippen LogP) is 3.74. The predicted molar refractivity (Wildman–Crippen MR) is 100 cm³/mol. The van der Waals surface area contributed by atoms with E-state index in [0.717, 1.165) is 5.39 Å². The Labute approximate surface area is 145 Å². The van der Waals surface area contributed by atoms with Gasteiger partial charge in [-0.1, -0.05) is 23.8 Å². The Morgan fingerprint density at radius 3 is 2.88 bits per heavy atom. The minimum absolute atomic E-state index is 0.216. The number of rotatable bonds is 6. The van der Waals surface area contributed by atoms with Crippen LogP contribution in [0.5, 0.6) is 5.75 Å². The molecule has 1 heterocycles. The van der Waals surface area contributed by atoms with Crippen molar-refractivity contribution in [3.05, 3.63) is 63.1 Å². The van der Waals surface area contributed by atoms with Crippen LogP contribution in [0, 0.1) is 0 Å². The van der Waals surface area contributed by atoms with E-state index in [1.807, 2.05) is 19.1 Å². The number of nitrogens with one attached hydrogen (secondary N) is 1. The average Bonchev–Trinajstić information content (AvgIpc) is 2.55. The summed E-state index contributed by atoms with van der Waals surface area (Å²) in [6.07, 6.45) is 5.54. The van der Waals surface area contributed by atoms with Gasteiger partial charge in [0.25, 0.3) is 5.56 Å². The maximum absolute atomic E-state index is 12.1. The summed E-state index contributed by atoms with van der Waals surface area (Å²) < 4.78 is 5.70. The van der Waals surface area contributed by atoms with Gasteiger partial charge in [0.05, 0.1) is 16.2 Å². The van der Waals surface area contributed by atoms with Gasteiger partial charge < -0.3 is 15.5 Å². The second-order valence-electron chi connectivity index (χ2n) is 5.34. The summed E-state index contributed by atoms with van der Waals surface area (Å²) in [6, 6.07) is 4.83. The van der Waals surface area contributed by atoms with Gasteiger partial charge in [-0.25, -0.2) is 0 Å². The van der Waals surface area contributed by atoms with Crippen LogP contribution in [0.15, 0.2) is 51.9 Å². The summed E-state index contributed by atoms with van der Waals surface area (Å²) in [7, 11) is 0. The highest BCUT2D eigenvalue weighted by Gasteiger charge is 2.10. The molecule has 0 radical (unpaired) electrons. The van der Waals surface area contributed by atoms with Gasteiger partial charge in [0.15, 0.2) is 0 Å². The van der Waals surface area contributed by atoms with Gasteiger partial charge in [0.2, 0.25) is 0 Å². The van der Waals surface area contributed by atoms with Crippen molar-refractivity contribution in [2.24, 2.45) is 10.7 Å². The maximum Gasteiger partial charge on any atom is 0.253 e. The summed E-state index contributed by atoms with van der Waals surface area (Å²) in [5.74, 6) is 0.461. The smallest absolute Gasteiger partial charge is 0.253 e. The van der Waals surface area contributed by atoms with E-state index in [9.17, 15) is 4.79 Å². The standard InChI is InChI=1S/C18H20ClN3O2/c1-4-5-6-13(21-3)10-24-17-9-16-12(8-15(17)19)7-14(11(2)20)18(23)22-16/h4-9,11H,3,10,20H2,1-2H3,(H,22,23)/b5-4-,13-6-. The first-order chi connectivity index (χ1) is 11.5. The quantitative estimate of drug-likeness (QED) is 0.618. The third-order valence-corrected chi connectivity index (χ3v) is 3.77. The molecule has 3 N–H and O–H groups in total. The number of pyridine rings is 1. The van der Waals surface area contributed by atoms with E-state index in [1.165, 1.54) is 0 Å². The van der Waals surface area contributed by atoms with Crippen LogP contribution in [0.1, 0.15) is 25.5 Å². The van der Waals surface area contributed by atoms with Gasteiger partial charge in [-0.05, 0) is 38.8 Å². The van der Waals surface area contributed by atoms with Gasteiger partial charge in [-0.15, -0.1) is 0 Å². The van der Waals surface area contributed by atoms with Crippen LogP contribution in [0.4, 0.5) is 0 Å². The van der Waals surface area contributed by atoms with Crippen LogP contribution >= 0.6 is 11.6 Å². The van der Waals surface area contributed by atoms with Gasteiger partial charge in [-0.3, -0.25) is 9.79 Å². The number of nitrogens with two attached hydrogens (primary N) is 1. The Balaban J connectivity index is 2.35. The number of aromatic amines is 1. The SMILES string of the molecule is C=N/C(=C\C=C/C)COc1cc2[nH]c(=O)c(C(C)N)cc2cc1Cl. The van der Waals surface area contributed by atoms with Gasteiger partial charge in [0, 0.05) is 23.1 Å². The molecule has 0 saturated carbocycles. The number of ether oxygens (including phenoxy) is 1. The molecule has 0 bridgehead atoms. The number of halogens is 1. The van der Waals surface area contributed by atoms with Crippen molar-refractivity contribution in [2.45, 2.75) is 19.9 Å². The molecule has 0 saturated heterocycles. The zero-order valence-electron chi connectivity index (χ0n) is 13.7. The molecule has 126 valence electrons. The largest absolute Gasteiger partial charge is 0.486 e. The number of benzene rings is 1. The van der Waals surface area contributed by atoms with Crippen LogP contribution in [0.3, 0.4) is 0 Å². The fraction of sp³-hybridized carbons (Fsp3) is 0.222. The number of aliphatic imine (C=N–C) groups is 1. The molecular formula is C18H20ClN3O2. The van der Waals surface area contributed by atoms with Crippen molar-refractivity contribution in [1.29, 1.82) is 0 Å². The topological polar surface area (TPSA) is 80.5 Å². The van der Waals surface area contributed by atoms with E-state index in [-0.39, 0.29) is 18.2 Å².